The molecule has 0 radical (unpaired) electrons. The fourth-order valence-corrected chi connectivity index (χ4v) is 3.55. The van der Waals surface area contributed by atoms with Crippen LogP contribution >= 0.6 is 0 Å². The van der Waals surface area contributed by atoms with Gasteiger partial charge in [-0.1, -0.05) is 12.1 Å². The van der Waals surface area contributed by atoms with Crippen LogP contribution in [0.2, 0.25) is 0 Å². The van der Waals surface area contributed by atoms with E-state index in [0.717, 1.165) is 5.56 Å². The average Bonchev–Trinajstić information content (AvgIpc) is 2.39. The van der Waals surface area contributed by atoms with Crippen molar-refractivity contribution in [2.24, 2.45) is 0 Å². The van der Waals surface area contributed by atoms with E-state index in [9.17, 15) is 8.42 Å². The van der Waals surface area contributed by atoms with E-state index in [1.54, 1.807) is 31.4 Å². The predicted octanol–water partition coefficient (Wildman–Crippen LogP) is 1.27. The maximum absolute atomic E-state index is 12.6. The van der Waals surface area contributed by atoms with Gasteiger partial charge in [-0.25, -0.2) is 8.42 Å². The van der Waals surface area contributed by atoms with Gasteiger partial charge in [0.05, 0.1) is 11.5 Å². The Morgan fingerprint density at radius 2 is 1.85 bits per heavy atom. The van der Waals surface area contributed by atoms with Gasteiger partial charge in [0.1, 0.15) is 0 Å². The molecule has 0 aliphatic carbocycles. The smallest absolute Gasteiger partial charge is 0.243 e. The molecule has 0 saturated heterocycles. The van der Waals surface area contributed by atoms with Gasteiger partial charge >= 0.3 is 0 Å². The quantitative estimate of drug-likeness (QED) is 0.785. The molecule has 0 fully saturated rings. The molecule has 114 valence electrons. The highest BCUT2D eigenvalue weighted by Crippen LogP contribution is 2.18. The van der Waals surface area contributed by atoms with Crippen molar-refractivity contribution in [1.29, 1.82) is 0 Å². The van der Waals surface area contributed by atoms with E-state index in [4.69, 9.17) is 9.84 Å². The van der Waals surface area contributed by atoms with Crippen LogP contribution in [0.4, 0.5) is 0 Å². The molecular formula is C14H23NO4S. The molecule has 0 amide bonds. The topological polar surface area (TPSA) is 66.8 Å². The zero-order valence-corrected chi connectivity index (χ0v) is 13.1. The van der Waals surface area contributed by atoms with Crippen LogP contribution in [0.5, 0.6) is 0 Å². The number of ether oxygens (including phenoxy) is 1. The lowest BCUT2D eigenvalue weighted by molar-refractivity contribution is 0.171. The normalized spacial score (nSPS) is 12.3. The molecule has 20 heavy (non-hydrogen) atoms. The SMILES string of the molecule is COCCN(C(C)C)S(=O)(=O)c1ccc(CCO)cc1. The lowest BCUT2D eigenvalue weighted by Gasteiger charge is -2.25. The van der Waals surface area contributed by atoms with Crippen LogP contribution in [0.1, 0.15) is 19.4 Å². The Morgan fingerprint density at radius 3 is 2.30 bits per heavy atom. The third-order valence-corrected chi connectivity index (χ3v) is 5.11. The van der Waals surface area contributed by atoms with Crippen molar-refractivity contribution in [3.05, 3.63) is 29.8 Å². The number of aliphatic hydroxyl groups is 1. The summed E-state index contributed by atoms with van der Waals surface area (Å²) in [5, 5.41) is 8.87. The molecule has 0 unspecified atom stereocenters. The molecule has 1 aromatic carbocycles. The lowest BCUT2D eigenvalue weighted by atomic mass is 10.2. The average molecular weight is 301 g/mol. The highest BCUT2D eigenvalue weighted by Gasteiger charge is 2.26. The number of sulfonamides is 1. The summed E-state index contributed by atoms with van der Waals surface area (Å²) in [6.07, 6.45) is 0.526. The zero-order chi connectivity index (χ0) is 15.2. The maximum atomic E-state index is 12.6. The Bertz CT molecular complexity index is 496. The van der Waals surface area contributed by atoms with Gasteiger partial charge in [0.2, 0.25) is 10.0 Å². The van der Waals surface area contributed by atoms with Gasteiger partial charge in [-0.2, -0.15) is 4.31 Å². The summed E-state index contributed by atoms with van der Waals surface area (Å²) in [5.74, 6) is 0. The highest BCUT2D eigenvalue weighted by atomic mass is 32.2. The summed E-state index contributed by atoms with van der Waals surface area (Å²) in [6.45, 7) is 4.42. The molecule has 0 aliphatic heterocycles. The van der Waals surface area contributed by atoms with Gasteiger partial charge < -0.3 is 9.84 Å². The molecule has 0 spiro atoms. The molecule has 5 nitrogen and oxygen atoms in total. The van der Waals surface area contributed by atoms with Crippen LogP contribution in [0.15, 0.2) is 29.2 Å². The Hall–Kier alpha value is -0.950. The fourth-order valence-electron chi connectivity index (χ4n) is 1.93. The summed E-state index contributed by atoms with van der Waals surface area (Å²) >= 11 is 0. The molecule has 0 atom stereocenters. The van der Waals surface area contributed by atoms with Crippen LogP contribution in [0.3, 0.4) is 0 Å². The second-order valence-electron chi connectivity index (χ2n) is 4.82. The third-order valence-electron chi connectivity index (χ3n) is 3.02. The zero-order valence-electron chi connectivity index (χ0n) is 12.2. The van der Waals surface area contributed by atoms with Gasteiger partial charge in [0.25, 0.3) is 0 Å². The first-order valence-electron chi connectivity index (χ1n) is 6.64. The van der Waals surface area contributed by atoms with Crippen molar-refractivity contribution in [2.45, 2.75) is 31.2 Å². The van der Waals surface area contributed by atoms with Crippen LogP contribution in [0, 0.1) is 0 Å². The van der Waals surface area contributed by atoms with Crippen molar-refractivity contribution >= 4 is 10.0 Å². The van der Waals surface area contributed by atoms with Crippen molar-refractivity contribution in [2.75, 3.05) is 26.9 Å². The van der Waals surface area contributed by atoms with Crippen LogP contribution < -0.4 is 0 Å². The first-order chi connectivity index (χ1) is 9.43. The molecule has 0 heterocycles. The minimum atomic E-state index is -3.51. The summed E-state index contributed by atoms with van der Waals surface area (Å²) in [7, 11) is -1.96. The Balaban J connectivity index is 3.00. The van der Waals surface area contributed by atoms with Crippen molar-refractivity contribution in [3.63, 3.8) is 0 Å². The van der Waals surface area contributed by atoms with Gasteiger partial charge in [-0.15, -0.1) is 0 Å². The van der Waals surface area contributed by atoms with Crippen LogP contribution in [-0.2, 0) is 21.2 Å². The molecule has 0 aliphatic rings. The summed E-state index contributed by atoms with van der Waals surface area (Å²) < 4.78 is 31.5. The molecule has 0 aromatic heterocycles. The summed E-state index contributed by atoms with van der Waals surface area (Å²) in [6, 6.07) is 6.51. The van der Waals surface area contributed by atoms with Gasteiger partial charge in [-0.05, 0) is 38.0 Å². The molecule has 1 aromatic rings. The molecule has 1 rings (SSSR count). The lowest BCUT2D eigenvalue weighted by Crippen LogP contribution is -2.39. The minimum Gasteiger partial charge on any atom is -0.396 e. The minimum absolute atomic E-state index is 0.0536. The van der Waals surface area contributed by atoms with E-state index in [2.05, 4.69) is 0 Å². The Kier molecular flexibility index (Phi) is 6.61. The van der Waals surface area contributed by atoms with Crippen molar-refractivity contribution in [1.82, 2.24) is 4.31 Å². The first-order valence-corrected chi connectivity index (χ1v) is 8.08. The van der Waals surface area contributed by atoms with Crippen LogP contribution in [0.25, 0.3) is 0 Å². The molecular weight excluding hydrogens is 278 g/mol. The predicted molar refractivity (Wildman–Crippen MR) is 78.1 cm³/mol. The summed E-state index contributed by atoms with van der Waals surface area (Å²) in [4.78, 5) is 0.268. The molecule has 6 heteroatoms. The first kappa shape index (κ1) is 17.1. The van der Waals surface area contributed by atoms with Crippen molar-refractivity contribution < 1.29 is 18.3 Å². The monoisotopic (exact) mass is 301 g/mol. The van der Waals surface area contributed by atoms with E-state index >= 15 is 0 Å². The fraction of sp³-hybridized carbons (Fsp3) is 0.571. The number of nitrogens with zero attached hydrogens (tertiary/aromatic N) is 1. The highest BCUT2D eigenvalue weighted by molar-refractivity contribution is 7.89. The Labute approximate surface area is 121 Å². The number of benzene rings is 1. The van der Waals surface area contributed by atoms with E-state index in [-0.39, 0.29) is 17.5 Å². The molecule has 0 saturated carbocycles. The maximum Gasteiger partial charge on any atom is 0.243 e. The number of methoxy groups -OCH3 is 1. The molecule has 0 bridgehead atoms. The number of aliphatic hydroxyl groups excluding tert-OH is 1. The summed E-state index contributed by atoms with van der Waals surface area (Å²) in [5.41, 5.74) is 0.916. The van der Waals surface area contributed by atoms with Gasteiger partial charge in [-0.3, -0.25) is 0 Å². The van der Waals surface area contributed by atoms with E-state index in [1.165, 1.54) is 4.31 Å². The van der Waals surface area contributed by atoms with Crippen LogP contribution in [-0.4, -0.2) is 50.7 Å². The third kappa shape index (κ3) is 4.28. The largest absolute Gasteiger partial charge is 0.396 e. The number of hydrogen-bond donors (Lipinski definition) is 1. The number of hydrogen-bond acceptors (Lipinski definition) is 4. The standard InChI is InChI=1S/C14H23NO4S/c1-12(2)15(9-11-19-3)20(17,18)14-6-4-13(5-7-14)8-10-16/h4-7,12,16H,8-11H2,1-3H3. The number of rotatable bonds is 8. The van der Waals surface area contributed by atoms with Gasteiger partial charge in [0.15, 0.2) is 0 Å². The van der Waals surface area contributed by atoms with E-state index < -0.39 is 10.0 Å². The van der Waals surface area contributed by atoms with E-state index in [1.807, 2.05) is 13.8 Å². The Morgan fingerprint density at radius 1 is 1.25 bits per heavy atom. The second kappa shape index (κ2) is 7.73. The molecule has 1 N–H and O–H groups in total. The second-order valence-corrected chi connectivity index (χ2v) is 6.71. The van der Waals surface area contributed by atoms with Gasteiger partial charge in [0, 0.05) is 26.3 Å². The van der Waals surface area contributed by atoms with E-state index in [0.29, 0.717) is 19.6 Å². The van der Waals surface area contributed by atoms with Crippen molar-refractivity contribution in [3.8, 4) is 0 Å².